The average Bonchev–Trinajstić information content (AvgIpc) is 1.53. The van der Waals surface area contributed by atoms with Gasteiger partial charge in [0.25, 0.3) is 0 Å². The van der Waals surface area contributed by atoms with E-state index in [1.54, 1.807) is 482 Å². The van der Waals surface area contributed by atoms with Crippen LogP contribution in [0.2, 0.25) is 0 Å². The van der Waals surface area contributed by atoms with Crippen molar-refractivity contribution in [2.45, 2.75) is 636 Å². The predicted octanol–water partition coefficient (Wildman–Crippen LogP) is 42.1. The molecule has 28 bridgehead atoms. The van der Waals surface area contributed by atoms with E-state index in [4.69, 9.17) is 0 Å². The molecular formula is C127H226. The first kappa shape index (κ1) is 101. The maximum absolute atomic E-state index is 1.58. The van der Waals surface area contributed by atoms with Crippen molar-refractivity contribution in [3.63, 3.8) is 0 Å². The van der Waals surface area contributed by atoms with Crippen LogP contribution in [0, 0.1) is 166 Å². The van der Waals surface area contributed by atoms with E-state index in [-0.39, 0.29) is 0 Å². The quantitative estimate of drug-likeness (QED) is 0.227. The molecule has 0 spiro atoms. The van der Waals surface area contributed by atoms with E-state index in [2.05, 4.69) is 0 Å². The summed E-state index contributed by atoms with van der Waals surface area (Å²) >= 11 is 0. The molecule has 127 heavy (non-hydrogen) atoms. The third kappa shape index (κ3) is 38.3. The molecule has 0 heteroatoms. The summed E-state index contributed by atoms with van der Waals surface area (Å²) < 4.78 is 0. The molecule has 734 valence electrons. The van der Waals surface area contributed by atoms with Crippen molar-refractivity contribution in [2.75, 3.05) is 0 Å². The Morgan fingerprint density at radius 1 is 0.0472 bits per heavy atom. The van der Waals surface area contributed by atoms with Gasteiger partial charge in [-0.25, -0.2) is 0 Å². The van der Waals surface area contributed by atoms with E-state index in [1.807, 2.05) is 0 Å². The maximum Gasteiger partial charge on any atom is -0.0409 e. The summed E-state index contributed by atoms with van der Waals surface area (Å²) in [6, 6.07) is 0. The van der Waals surface area contributed by atoms with Crippen LogP contribution in [-0.4, -0.2) is 0 Å². The summed E-state index contributed by atoms with van der Waals surface area (Å²) in [7, 11) is 0. The van der Waals surface area contributed by atoms with Gasteiger partial charge in [0.15, 0.2) is 0 Å². The van der Waals surface area contributed by atoms with Crippen molar-refractivity contribution in [3.8, 4) is 0 Å². The highest BCUT2D eigenvalue weighted by Crippen LogP contribution is 2.51. The van der Waals surface area contributed by atoms with Gasteiger partial charge in [0, 0.05) is 0 Å². The van der Waals surface area contributed by atoms with E-state index < -0.39 is 0 Å². The Balaban J connectivity index is 0.000000106. The molecule has 8 unspecified atom stereocenters. The second-order valence-electron chi connectivity index (χ2n) is 53.9. The maximum atomic E-state index is 1.58. The van der Waals surface area contributed by atoms with Crippen LogP contribution in [-0.2, 0) is 0 Å². The molecule has 0 aromatic carbocycles. The molecule has 0 saturated heterocycles. The molecule has 0 aromatic heterocycles. The molecule has 35 aliphatic rings. The summed E-state index contributed by atoms with van der Waals surface area (Å²) in [5, 5.41) is 0. The van der Waals surface area contributed by atoms with Crippen molar-refractivity contribution < 1.29 is 0 Å². The average molecular weight is 1750 g/mol. The SMILES string of the molecule is C1CC2CC(C1)C2.C1CC2CC1C2.C1CC2CCC(C1)C2.C1CC2CCC(C1)CC2.C1CC2CCC1C2.C1CC2CCC1CC2.C1CC2CCCC(C1)C2.C1CC2CCCC(C1)C2.C1CC2CCCC(C1)CCC2.C1CCC2CCC(C1)C2.C1CCC2CCC(C1)CC2.C1CCC2CCCC(C1)CC2.C1CCC2CCCC(C1)CC2.C1CCC2CCCC(C1)CCC2. The molecule has 0 amide bonds. The highest BCUT2D eigenvalue weighted by Gasteiger charge is 2.38. The molecule has 0 heterocycles. The van der Waals surface area contributed by atoms with Gasteiger partial charge in [-0.2, -0.15) is 0 Å². The van der Waals surface area contributed by atoms with Crippen molar-refractivity contribution in [1.29, 1.82) is 0 Å². The lowest BCUT2D eigenvalue weighted by Crippen LogP contribution is -2.28. The number of hydrogen-bond acceptors (Lipinski definition) is 0. The molecule has 0 nitrogen and oxygen atoms in total. The highest BCUT2D eigenvalue weighted by molar-refractivity contribution is 4.90. The normalized spacial score (nSPS) is 42.5. The third-order valence-electron chi connectivity index (χ3n) is 44.3. The molecule has 0 aromatic rings. The van der Waals surface area contributed by atoms with E-state index in [0.717, 1.165) is 130 Å². The van der Waals surface area contributed by atoms with Gasteiger partial charge in [-0.05, 0) is 223 Å². The lowest BCUT2D eigenvalue weighted by Gasteiger charge is -2.40. The monoisotopic (exact) mass is 1750 g/mol. The number of hydrogen-bond donors (Lipinski definition) is 0. The van der Waals surface area contributed by atoms with E-state index in [1.165, 1.54) is 190 Å². The fourth-order valence-electron chi connectivity index (χ4n) is 35.6. The van der Waals surface area contributed by atoms with Crippen molar-refractivity contribution in [3.05, 3.63) is 0 Å². The van der Waals surface area contributed by atoms with Gasteiger partial charge in [0.05, 0.1) is 0 Å². The van der Waals surface area contributed by atoms with Gasteiger partial charge in [-0.1, -0.05) is 578 Å². The Morgan fingerprint density at radius 2 is 0.110 bits per heavy atom. The smallest absolute Gasteiger partial charge is 0.0409 e. The first-order chi connectivity index (χ1) is 62.8. The third-order valence-corrected chi connectivity index (χ3v) is 44.3. The summed E-state index contributed by atoms with van der Waals surface area (Å²) in [5.74, 6) is 32.1. The minimum absolute atomic E-state index is 1.11. The van der Waals surface area contributed by atoms with Gasteiger partial charge < -0.3 is 0 Å². The van der Waals surface area contributed by atoms with Crippen molar-refractivity contribution in [2.24, 2.45) is 166 Å². The van der Waals surface area contributed by atoms with Crippen LogP contribution in [0.5, 0.6) is 0 Å². The Labute approximate surface area is 796 Å². The van der Waals surface area contributed by atoms with Crippen LogP contribution < -0.4 is 0 Å². The van der Waals surface area contributed by atoms with Gasteiger partial charge in [-0.3, -0.25) is 0 Å². The molecule has 0 aliphatic heterocycles. The highest BCUT2D eigenvalue weighted by atomic mass is 14.4. The molecule has 0 N–H and O–H groups in total. The van der Waals surface area contributed by atoms with E-state index in [9.17, 15) is 0 Å². The standard InChI is InChI=1S/C12H22.3C11H20.C10H18.4C9H16.2C8H14.2C7H12.C6H10/c1-2-6-12-9-3-7-11(5-1)8-4-10-12;1-4-10-6-2-7-11(5-1)9-3-8-10;2*1-2-5-11-7-3-6-10(4-1)8-9-11;1-2-4-10-7-5-9(3-1)6-8-10;2*1-3-8-5-2-6-9(4-1)7-8;1-2-8-4-6-9(3-1)7-5-8;1-2-4-9-6-5-8(3-1)7-9;1-2-8-5-3-7(1)4-6-8;1-2-7-4-5-8(3-1)6-7;1-2-7-4-3-6(1)5-7;1-2-6-4-7(3-1)5-6;1-2-6-3-5(1)4-6/h11-12H,1-10H2;3*10-11H,1-9H2;9-10H,1-8H2;4*8-9H,1-7H2;2*7-8H,1-6H2;2*6-7H,1-5H2;5-6H,1-4H2. The lowest BCUT2D eigenvalue weighted by molar-refractivity contribution is 0.116. The zero-order chi connectivity index (χ0) is 86.2. The second kappa shape index (κ2) is 58.8. The topological polar surface area (TPSA) is 0 Å². The lowest BCUT2D eigenvalue weighted by atomic mass is 9.65. The minimum Gasteiger partial charge on any atom is -0.0530 e. The zero-order valence-electron chi connectivity index (χ0n) is 86.2. The van der Waals surface area contributed by atoms with Crippen LogP contribution in [0.1, 0.15) is 636 Å². The summed E-state index contributed by atoms with van der Waals surface area (Å²) in [4.78, 5) is 0. The van der Waals surface area contributed by atoms with Crippen LogP contribution in [0.3, 0.4) is 0 Å². The first-order valence-corrected chi connectivity index (χ1v) is 62.8. The van der Waals surface area contributed by atoms with Gasteiger partial charge in [0.1, 0.15) is 0 Å². The number of fused-ring (bicyclic) bond motifs is 44. The largest absolute Gasteiger partial charge is 0.0530 e. The first-order valence-electron chi connectivity index (χ1n) is 62.8. The molecule has 35 fully saturated rings. The molecule has 35 aliphatic carbocycles. The molecular weight excluding hydrogens is 1530 g/mol. The fourth-order valence-corrected chi connectivity index (χ4v) is 35.6. The van der Waals surface area contributed by atoms with Crippen molar-refractivity contribution in [1.82, 2.24) is 0 Å². The molecule has 0 radical (unpaired) electrons. The molecule has 35 rings (SSSR count). The zero-order valence-corrected chi connectivity index (χ0v) is 86.2. The van der Waals surface area contributed by atoms with Crippen molar-refractivity contribution >= 4 is 0 Å². The van der Waals surface area contributed by atoms with Crippen LogP contribution in [0.25, 0.3) is 0 Å². The predicted molar refractivity (Wildman–Crippen MR) is 555 cm³/mol. The summed E-state index contributed by atoms with van der Waals surface area (Å²) in [6.07, 6.45) is 154. The Kier molecular flexibility index (Phi) is 46.9. The Bertz CT molecular complexity index is 2340. The summed E-state index contributed by atoms with van der Waals surface area (Å²) in [5.41, 5.74) is 0. The van der Waals surface area contributed by atoms with Gasteiger partial charge in [-0.15, -0.1) is 0 Å². The van der Waals surface area contributed by atoms with Gasteiger partial charge in [0.2, 0.25) is 0 Å². The minimum atomic E-state index is 1.11. The Morgan fingerprint density at radius 3 is 0.236 bits per heavy atom. The Hall–Kier alpha value is 0. The fraction of sp³-hybridized carbons (Fsp3) is 1.00. The molecule has 35 saturated carbocycles. The van der Waals surface area contributed by atoms with Gasteiger partial charge >= 0.3 is 0 Å². The van der Waals surface area contributed by atoms with Crippen LogP contribution in [0.4, 0.5) is 0 Å². The van der Waals surface area contributed by atoms with Crippen LogP contribution in [0.15, 0.2) is 0 Å². The summed E-state index contributed by atoms with van der Waals surface area (Å²) in [6.45, 7) is 0. The number of rotatable bonds is 0. The molecule has 8 atom stereocenters. The van der Waals surface area contributed by atoms with E-state index in [0.29, 0.717) is 0 Å². The van der Waals surface area contributed by atoms with E-state index >= 15 is 0 Å². The second-order valence-corrected chi connectivity index (χ2v) is 53.9. The van der Waals surface area contributed by atoms with Crippen LogP contribution >= 0.6 is 0 Å².